The molecule has 0 saturated carbocycles. The Hall–Kier alpha value is -5.24. The number of rotatable bonds is 8. The normalized spacial score (nSPS) is 19.2. The predicted molar refractivity (Wildman–Crippen MR) is 242 cm³/mol. The lowest BCUT2D eigenvalue weighted by Gasteiger charge is -2.41. The second-order valence-electron chi connectivity index (χ2n) is 16.0. The van der Waals surface area contributed by atoms with Crippen LogP contribution in [0.5, 0.6) is 0 Å². The van der Waals surface area contributed by atoms with Crippen LogP contribution in [0, 0.1) is 12.8 Å². The van der Waals surface area contributed by atoms with E-state index < -0.39 is 0 Å². The van der Waals surface area contributed by atoms with Gasteiger partial charge in [0.25, 0.3) is 0 Å². The van der Waals surface area contributed by atoms with E-state index in [4.69, 9.17) is 0 Å². The molecule has 0 aliphatic heterocycles. The molecule has 5 aromatic carbocycles. The molecule has 1 heteroatoms. The highest BCUT2D eigenvalue weighted by molar-refractivity contribution is 5.96. The topological polar surface area (TPSA) is 12.0 Å². The summed E-state index contributed by atoms with van der Waals surface area (Å²) in [6, 6.07) is 42.3. The average molecular weight is 734 g/mol. The van der Waals surface area contributed by atoms with Gasteiger partial charge in [-0.2, -0.15) is 0 Å². The first-order valence-electron chi connectivity index (χ1n) is 21.0. The van der Waals surface area contributed by atoms with Gasteiger partial charge in [0.2, 0.25) is 0 Å². The van der Waals surface area contributed by atoms with Crippen molar-refractivity contribution in [3.8, 4) is 11.1 Å². The van der Waals surface area contributed by atoms with E-state index in [0.717, 1.165) is 38.3 Å². The minimum absolute atomic E-state index is 0.249. The fourth-order valence-electron chi connectivity index (χ4n) is 9.06. The third-order valence-electron chi connectivity index (χ3n) is 11.8. The Morgan fingerprint density at radius 3 is 1.98 bits per heavy atom. The molecule has 1 N–H and O–H groups in total. The van der Waals surface area contributed by atoms with E-state index in [1.807, 2.05) is 18.2 Å². The van der Waals surface area contributed by atoms with Crippen molar-refractivity contribution in [1.29, 1.82) is 0 Å². The van der Waals surface area contributed by atoms with Crippen molar-refractivity contribution in [1.82, 2.24) is 5.32 Å². The Labute approximate surface area is 337 Å². The molecule has 0 fully saturated rings. The predicted octanol–water partition coefficient (Wildman–Crippen LogP) is 14.6. The third kappa shape index (κ3) is 8.59. The van der Waals surface area contributed by atoms with Crippen molar-refractivity contribution < 1.29 is 0 Å². The van der Waals surface area contributed by atoms with Gasteiger partial charge in [0.05, 0.1) is 5.41 Å². The van der Waals surface area contributed by atoms with Crippen LogP contribution in [0.4, 0.5) is 0 Å². The molecule has 0 spiro atoms. The molecule has 5 aromatic rings. The molecule has 0 heterocycles. The van der Waals surface area contributed by atoms with Gasteiger partial charge in [-0.25, -0.2) is 0 Å². The monoisotopic (exact) mass is 733 g/mol. The maximum Gasteiger partial charge on any atom is 0.0678 e. The summed E-state index contributed by atoms with van der Waals surface area (Å²) in [5.74, 6) is 0.769. The van der Waals surface area contributed by atoms with Crippen molar-refractivity contribution in [3.63, 3.8) is 0 Å². The van der Waals surface area contributed by atoms with Crippen molar-refractivity contribution in [2.45, 2.75) is 91.1 Å². The molecule has 0 saturated heterocycles. The first-order valence-corrected chi connectivity index (χ1v) is 21.0. The molecule has 4 aliphatic carbocycles. The van der Waals surface area contributed by atoms with Gasteiger partial charge < -0.3 is 5.32 Å². The van der Waals surface area contributed by atoms with E-state index >= 15 is 0 Å². The lowest BCUT2D eigenvalue weighted by atomic mass is 9.61. The van der Waals surface area contributed by atoms with Crippen LogP contribution in [0.1, 0.15) is 93.5 Å². The summed E-state index contributed by atoms with van der Waals surface area (Å²) >= 11 is 0. The highest BCUT2D eigenvalue weighted by Gasteiger charge is 2.49. The van der Waals surface area contributed by atoms with Crippen LogP contribution in [0.25, 0.3) is 21.9 Å². The van der Waals surface area contributed by atoms with Crippen LogP contribution in [-0.2, 0) is 18.5 Å². The number of hydrogen-bond acceptors (Lipinski definition) is 1. The molecular weight excluding hydrogens is 675 g/mol. The maximum absolute atomic E-state index is 3.70. The van der Waals surface area contributed by atoms with Gasteiger partial charge in [0, 0.05) is 13.1 Å². The first kappa shape index (κ1) is 39.0. The van der Waals surface area contributed by atoms with Crippen molar-refractivity contribution in [2.24, 2.45) is 5.92 Å². The van der Waals surface area contributed by atoms with E-state index in [9.17, 15) is 0 Å². The Bertz CT molecular complexity index is 2290. The number of hydrogen-bond donors (Lipinski definition) is 1. The molecule has 4 aliphatic rings. The fraction of sp³-hybridized carbons (Fsp3) is 0.273. The lowest BCUT2D eigenvalue weighted by molar-refractivity contribution is 0.652. The average Bonchev–Trinajstić information content (AvgIpc) is 3.51. The lowest BCUT2D eigenvalue weighted by Crippen LogP contribution is -2.33. The van der Waals surface area contributed by atoms with E-state index in [1.54, 1.807) is 16.7 Å². The standard InChI is InChI=1S/C41H41N.C7H10.C7H8/c1-3-13-32-17-10-12-21-38(32)41(37-20-11-7-14-29(37)2)39-23-22-31(28-42-27-30-15-5-4-6-16-30)24-35(39)36-25-33-18-8-9-19-34(33)26-40(36)41;2*1-7-5-3-2-4-6-7/h4-9,12,14-16,18-19,21-26,42H,3,10-11,13,17,20,27-28H2,1-2H3;2-5,7H,6H2,1H3;2-6H,1H3. The number of aryl methyl sites for hydroxylation is 1. The van der Waals surface area contributed by atoms with Crippen LogP contribution in [-0.4, -0.2) is 0 Å². The highest BCUT2D eigenvalue weighted by atomic mass is 14.8. The van der Waals surface area contributed by atoms with E-state index in [0.29, 0.717) is 0 Å². The summed E-state index contributed by atoms with van der Waals surface area (Å²) in [5.41, 5.74) is 15.7. The summed E-state index contributed by atoms with van der Waals surface area (Å²) < 4.78 is 0. The Balaban J connectivity index is 0.000000288. The van der Waals surface area contributed by atoms with Gasteiger partial charge in [0.1, 0.15) is 0 Å². The maximum atomic E-state index is 3.70. The number of benzene rings is 5. The van der Waals surface area contributed by atoms with Gasteiger partial charge >= 0.3 is 0 Å². The molecule has 0 aromatic heterocycles. The molecule has 2 atom stereocenters. The quantitative estimate of drug-likeness (QED) is 0.167. The molecular formula is C55H59N. The molecule has 56 heavy (non-hydrogen) atoms. The van der Waals surface area contributed by atoms with Crippen LogP contribution in [0.2, 0.25) is 0 Å². The summed E-state index contributed by atoms with van der Waals surface area (Å²) in [5, 5.41) is 6.36. The number of nitrogens with one attached hydrogen (secondary N) is 1. The minimum Gasteiger partial charge on any atom is -0.309 e. The SMILES string of the molecule is CC1C=CC=CC1.CCCC1=C(C2(C3=C(C)C=CCC3)c3ccc(CNCc4ccccc4)cc3-c3cc4ccccc4cc32)C=CCC1.Cc1ccccc1. The van der Waals surface area contributed by atoms with Crippen molar-refractivity contribution in [3.05, 3.63) is 214 Å². The van der Waals surface area contributed by atoms with Gasteiger partial charge in [-0.3, -0.25) is 0 Å². The summed E-state index contributed by atoms with van der Waals surface area (Å²) in [6.07, 6.45) is 26.4. The second-order valence-corrected chi connectivity index (χ2v) is 16.0. The minimum atomic E-state index is -0.249. The molecule has 0 radical (unpaired) electrons. The zero-order chi connectivity index (χ0) is 38.7. The first-order chi connectivity index (χ1) is 27.5. The number of fused-ring (bicyclic) bond motifs is 4. The van der Waals surface area contributed by atoms with Gasteiger partial charge in [0.15, 0.2) is 0 Å². The summed E-state index contributed by atoms with van der Waals surface area (Å²) in [7, 11) is 0. The molecule has 9 rings (SSSR count). The largest absolute Gasteiger partial charge is 0.309 e. The van der Waals surface area contributed by atoms with Gasteiger partial charge in [-0.05, 0) is 132 Å². The van der Waals surface area contributed by atoms with Crippen LogP contribution < -0.4 is 5.32 Å². The highest BCUT2D eigenvalue weighted by Crippen LogP contribution is 2.61. The van der Waals surface area contributed by atoms with Gasteiger partial charge in [-0.15, -0.1) is 0 Å². The summed E-state index contributed by atoms with van der Waals surface area (Å²) in [4.78, 5) is 0. The van der Waals surface area contributed by atoms with Crippen LogP contribution in [0.15, 0.2) is 186 Å². The molecule has 0 amide bonds. The van der Waals surface area contributed by atoms with E-state index in [2.05, 4.69) is 179 Å². The van der Waals surface area contributed by atoms with E-state index in [1.165, 1.54) is 81.0 Å². The summed E-state index contributed by atoms with van der Waals surface area (Å²) in [6.45, 7) is 10.7. The fourth-order valence-corrected chi connectivity index (χ4v) is 9.06. The molecule has 284 valence electrons. The Kier molecular flexibility index (Phi) is 13.0. The molecule has 1 nitrogen and oxygen atoms in total. The van der Waals surface area contributed by atoms with Gasteiger partial charge in [-0.1, -0.05) is 183 Å². The second kappa shape index (κ2) is 18.6. The smallest absolute Gasteiger partial charge is 0.0678 e. The van der Waals surface area contributed by atoms with Crippen LogP contribution >= 0.6 is 0 Å². The molecule has 2 unspecified atom stereocenters. The molecule has 0 bridgehead atoms. The van der Waals surface area contributed by atoms with Crippen molar-refractivity contribution >= 4 is 10.8 Å². The van der Waals surface area contributed by atoms with Crippen molar-refractivity contribution in [2.75, 3.05) is 0 Å². The Morgan fingerprint density at radius 1 is 0.643 bits per heavy atom. The Morgan fingerprint density at radius 2 is 1.32 bits per heavy atom. The number of allylic oxidation sites excluding steroid dienone is 12. The zero-order valence-corrected chi connectivity index (χ0v) is 34.0. The van der Waals surface area contributed by atoms with Crippen LogP contribution in [0.3, 0.4) is 0 Å². The third-order valence-corrected chi connectivity index (χ3v) is 11.8. The zero-order valence-electron chi connectivity index (χ0n) is 34.0. The van der Waals surface area contributed by atoms with E-state index in [-0.39, 0.29) is 5.41 Å².